The number of hydrogen-bond donors (Lipinski definition) is 0. The summed E-state index contributed by atoms with van der Waals surface area (Å²) in [6.07, 6.45) is 95.1. The maximum atomic E-state index is 12.9. The molecule has 0 bridgehead atoms. The van der Waals surface area contributed by atoms with E-state index in [0.717, 1.165) is 141 Å². The molecule has 0 aliphatic rings. The van der Waals surface area contributed by atoms with Crippen molar-refractivity contribution in [2.75, 3.05) is 13.2 Å². The summed E-state index contributed by atoms with van der Waals surface area (Å²) in [7, 11) is 0. The predicted molar refractivity (Wildman–Crippen MR) is 353 cm³/mol. The number of unbranched alkanes of at least 4 members (excludes halogenated alkanes) is 30. The van der Waals surface area contributed by atoms with Gasteiger partial charge in [0.25, 0.3) is 0 Å². The molecule has 0 aromatic carbocycles. The van der Waals surface area contributed by atoms with Gasteiger partial charge in [-0.1, -0.05) is 296 Å². The topological polar surface area (TPSA) is 78.9 Å². The Morgan fingerprint density at radius 1 is 0.259 bits per heavy atom. The summed E-state index contributed by atoms with van der Waals surface area (Å²) in [5.74, 6) is -0.909. The van der Waals surface area contributed by atoms with Gasteiger partial charge in [-0.05, 0) is 122 Å². The zero-order valence-corrected chi connectivity index (χ0v) is 53.0. The third kappa shape index (κ3) is 66.5. The van der Waals surface area contributed by atoms with Gasteiger partial charge in [-0.25, -0.2) is 0 Å². The van der Waals surface area contributed by atoms with Crippen LogP contribution in [0.5, 0.6) is 0 Å². The Kier molecular flexibility index (Phi) is 64.8. The van der Waals surface area contributed by atoms with Gasteiger partial charge in [-0.15, -0.1) is 0 Å². The molecule has 0 saturated heterocycles. The molecule has 0 N–H and O–H groups in total. The standard InChI is InChI=1S/C75H126O6/c1-4-7-10-13-16-19-22-24-26-28-30-32-33-34-35-36-37-38-39-40-41-43-44-46-48-50-53-56-59-62-65-68-74(77)80-71-72(70-79-73(76)67-64-61-58-55-52-21-18-15-12-9-6-3)81-75(78)69-66-63-60-57-54-51-49-47-45-42-31-29-27-25-23-20-17-14-11-8-5-2/h7-8,10-11,15-20,24-27,30-32,42,47,49,72H,4-6,9,12-14,21-23,28-29,33-41,43-46,48,50-71H2,1-3H3/b10-7-,11-8-,18-15-,19-16-,20-17-,26-24-,27-25-,32-30-,42-31-,49-47-. The molecule has 0 radical (unpaired) electrons. The van der Waals surface area contributed by atoms with Gasteiger partial charge in [0.15, 0.2) is 6.10 Å². The SMILES string of the molecule is CC/C=C\C/C=C\C/C=C\C/C=C\C/C=C\CCCCCCCC(=O)OC(COC(=O)CCCCCCC/C=C\CCCC)COC(=O)CCCCCCCCCCCCCCCCCCCC/C=C\C/C=C\C/C=C\C/C=C\CC. The molecule has 0 aromatic rings. The van der Waals surface area contributed by atoms with Crippen LogP contribution in [0.25, 0.3) is 0 Å². The summed E-state index contributed by atoms with van der Waals surface area (Å²) in [5.41, 5.74) is 0. The zero-order valence-electron chi connectivity index (χ0n) is 53.0. The van der Waals surface area contributed by atoms with Crippen molar-refractivity contribution in [2.45, 2.75) is 322 Å². The number of hydrogen-bond acceptors (Lipinski definition) is 6. The van der Waals surface area contributed by atoms with E-state index in [2.05, 4.69) is 142 Å². The van der Waals surface area contributed by atoms with Crippen LogP contribution in [0, 0.1) is 0 Å². The number of esters is 3. The Hall–Kier alpha value is -4.19. The van der Waals surface area contributed by atoms with Crippen LogP contribution < -0.4 is 0 Å². The lowest BCUT2D eigenvalue weighted by Crippen LogP contribution is -2.30. The van der Waals surface area contributed by atoms with E-state index >= 15 is 0 Å². The van der Waals surface area contributed by atoms with Crippen molar-refractivity contribution < 1.29 is 28.6 Å². The average molecular weight is 1120 g/mol. The summed E-state index contributed by atoms with van der Waals surface area (Å²) in [6, 6.07) is 0. The van der Waals surface area contributed by atoms with Crippen LogP contribution in [0.2, 0.25) is 0 Å². The molecule has 1 atom stereocenters. The van der Waals surface area contributed by atoms with Gasteiger partial charge in [-0.3, -0.25) is 14.4 Å². The van der Waals surface area contributed by atoms with Gasteiger partial charge in [0.2, 0.25) is 0 Å². The summed E-state index contributed by atoms with van der Waals surface area (Å²) >= 11 is 0. The molecule has 0 aromatic heterocycles. The number of allylic oxidation sites excluding steroid dienone is 20. The molecular weight excluding hydrogens is 997 g/mol. The van der Waals surface area contributed by atoms with Crippen molar-refractivity contribution >= 4 is 17.9 Å². The van der Waals surface area contributed by atoms with Crippen LogP contribution in [0.1, 0.15) is 316 Å². The lowest BCUT2D eigenvalue weighted by Gasteiger charge is -2.18. The minimum Gasteiger partial charge on any atom is -0.462 e. The second-order valence-electron chi connectivity index (χ2n) is 22.3. The molecule has 0 spiro atoms. The molecule has 81 heavy (non-hydrogen) atoms. The van der Waals surface area contributed by atoms with Gasteiger partial charge in [0, 0.05) is 19.3 Å². The second-order valence-corrected chi connectivity index (χ2v) is 22.3. The van der Waals surface area contributed by atoms with Gasteiger partial charge in [-0.2, -0.15) is 0 Å². The van der Waals surface area contributed by atoms with Crippen molar-refractivity contribution in [1.29, 1.82) is 0 Å². The summed E-state index contributed by atoms with van der Waals surface area (Å²) in [5, 5.41) is 0. The lowest BCUT2D eigenvalue weighted by molar-refractivity contribution is -0.167. The van der Waals surface area contributed by atoms with Crippen LogP contribution in [-0.4, -0.2) is 37.2 Å². The fourth-order valence-electron chi connectivity index (χ4n) is 9.38. The fraction of sp³-hybridized carbons (Fsp3) is 0.693. The maximum Gasteiger partial charge on any atom is 0.306 e. The summed E-state index contributed by atoms with van der Waals surface area (Å²) < 4.78 is 16.9. The minimum absolute atomic E-state index is 0.0881. The van der Waals surface area contributed by atoms with Gasteiger partial charge >= 0.3 is 17.9 Å². The molecule has 0 aliphatic carbocycles. The van der Waals surface area contributed by atoms with Crippen LogP contribution in [0.3, 0.4) is 0 Å². The Morgan fingerprint density at radius 3 is 0.765 bits per heavy atom. The summed E-state index contributed by atoms with van der Waals surface area (Å²) in [6.45, 7) is 6.37. The van der Waals surface area contributed by atoms with Crippen LogP contribution in [-0.2, 0) is 28.6 Å². The molecular formula is C75H126O6. The van der Waals surface area contributed by atoms with Gasteiger partial charge in [0.05, 0.1) is 0 Å². The van der Waals surface area contributed by atoms with E-state index in [1.54, 1.807) is 0 Å². The Labute approximate surface area is 501 Å². The van der Waals surface area contributed by atoms with E-state index < -0.39 is 6.10 Å². The van der Waals surface area contributed by atoms with Crippen molar-refractivity contribution in [3.8, 4) is 0 Å². The average Bonchev–Trinajstić information content (AvgIpc) is 3.47. The van der Waals surface area contributed by atoms with E-state index in [1.165, 1.54) is 135 Å². The van der Waals surface area contributed by atoms with E-state index in [-0.39, 0.29) is 31.1 Å². The maximum absolute atomic E-state index is 12.9. The molecule has 0 aliphatic heterocycles. The number of carbonyl (C=O) groups excluding carboxylic acids is 3. The molecule has 462 valence electrons. The smallest absolute Gasteiger partial charge is 0.306 e. The van der Waals surface area contributed by atoms with E-state index in [0.29, 0.717) is 19.3 Å². The monoisotopic (exact) mass is 1120 g/mol. The first-order valence-electron chi connectivity index (χ1n) is 34.0. The molecule has 6 heteroatoms. The first kappa shape index (κ1) is 76.8. The third-order valence-corrected chi connectivity index (χ3v) is 14.4. The van der Waals surface area contributed by atoms with Crippen LogP contribution in [0.15, 0.2) is 122 Å². The number of rotatable bonds is 61. The Morgan fingerprint density at radius 2 is 0.481 bits per heavy atom. The van der Waals surface area contributed by atoms with Crippen molar-refractivity contribution in [1.82, 2.24) is 0 Å². The van der Waals surface area contributed by atoms with Gasteiger partial charge in [0.1, 0.15) is 13.2 Å². The van der Waals surface area contributed by atoms with E-state index in [1.807, 2.05) is 0 Å². The Bertz CT molecular complexity index is 1670. The second kappa shape index (κ2) is 68.3. The van der Waals surface area contributed by atoms with Gasteiger partial charge < -0.3 is 14.2 Å². The van der Waals surface area contributed by atoms with E-state index in [4.69, 9.17) is 14.2 Å². The molecule has 0 rings (SSSR count). The first-order valence-corrected chi connectivity index (χ1v) is 34.0. The van der Waals surface area contributed by atoms with E-state index in [9.17, 15) is 14.4 Å². The molecule has 0 saturated carbocycles. The molecule has 0 amide bonds. The molecule has 0 fully saturated rings. The zero-order chi connectivity index (χ0) is 58.5. The molecule has 0 heterocycles. The highest BCUT2D eigenvalue weighted by atomic mass is 16.6. The molecule has 6 nitrogen and oxygen atoms in total. The quantitative estimate of drug-likeness (QED) is 0.0261. The van der Waals surface area contributed by atoms with Crippen molar-refractivity contribution in [3.63, 3.8) is 0 Å². The summed E-state index contributed by atoms with van der Waals surface area (Å²) in [4.78, 5) is 38.3. The lowest BCUT2D eigenvalue weighted by atomic mass is 10.0. The van der Waals surface area contributed by atoms with Crippen molar-refractivity contribution in [2.24, 2.45) is 0 Å². The largest absolute Gasteiger partial charge is 0.462 e. The third-order valence-electron chi connectivity index (χ3n) is 14.4. The predicted octanol–water partition coefficient (Wildman–Crippen LogP) is 23.6. The molecule has 1 unspecified atom stereocenters. The van der Waals surface area contributed by atoms with Crippen molar-refractivity contribution in [3.05, 3.63) is 122 Å². The fourth-order valence-corrected chi connectivity index (χ4v) is 9.38. The van der Waals surface area contributed by atoms with Crippen LogP contribution in [0.4, 0.5) is 0 Å². The normalized spacial score (nSPS) is 12.9. The highest BCUT2D eigenvalue weighted by molar-refractivity contribution is 5.71. The highest BCUT2D eigenvalue weighted by Gasteiger charge is 2.19. The highest BCUT2D eigenvalue weighted by Crippen LogP contribution is 2.17. The number of carbonyl (C=O) groups is 3. The Balaban J connectivity index is 4.22. The first-order chi connectivity index (χ1) is 40.0. The van der Waals surface area contributed by atoms with Crippen LogP contribution >= 0.6 is 0 Å². The minimum atomic E-state index is -0.794. The number of ether oxygens (including phenoxy) is 3.